The molecule has 0 aliphatic carbocycles. The third-order valence-corrected chi connectivity index (χ3v) is 7.01. The third-order valence-electron chi connectivity index (χ3n) is 4.96. The zero-order valence-electron chi connectivity index (χ0n) is 16.5. The molecular formula is C21H25ClN2O4S. The fourth-order valence-electron chi connectivity index (χ4n) is 3.47. The molecule has 1 saturated heterocycles. The maximum atomic E-state index is 12.8. The maximum absolute atomic E-state index is 12.8. The van der Waals surface area contributed by atoms with Crippen molar-refractivity contribution >= 4 is 27.6 Å². The highest BCUT2D eigenvalue weighted by molar-refractivity contribution is 7.88. The van der Waals surface area contributed by atoms with Crippen molar-refractivity contribution in [2.45, 2.75) is 32.2 Å². The molecular weight excluding hydrogens is 412 g/mol. The summed E-state index contributed by atoms with van der Waals surface area (Å²) in [5.74, 6) is 0.0949. The van der Waals surface area contributed by atoms with Crippen molar-refractivity contribution < 1.29 is 17.9 Å². The highest BCUT2D eigenvalue weighted by Crippen LogP contribution is 2.27. The van der Waals surface area contributed by atoms with Crippen LogP contribution in [-0.4, -0.2) is 49.3 Å². The lowest BCUT2D eigenvalue weighted by atomic mass is 10.1. The average molecular weight is 437 g/mol. The number of benzene rings is 2. The van der Waals surface area contributed by atoms with Gasteiger partial charge in [-0.3, -0.25) is 9.69 Å². The summed E-state index contributed by atoms with van der Waals surface area (Å²) >= 11 is 6.12. The zero-order chi connectivity index (χ0) is 21.0. The van der Waals surface area contributed by atoms with Gasteiger partial charge in [0.15, 0.2) is 0 Å². The van der Waals surface area contributed by atoms with Gasteiger partial charge in [-0.1, -0.05) is 41.9 Å². The van der Waals surface area contributed by atoms with Crippen molar-refractivity contribution in [3.05, 3.63) is 64.7 Å². The van der Waals surface area contributed by atoms with Gasteiger partial charge in [0.25, 0.3) is 0 Å². The van der Waals surface area contributed by atoms with Crippen LogP contribution < -0.4 is 4.74 Å². The van der Waals surface area contributed by atoms with Crippen LogP contribution in [0.2, 0.25) is 5.02 Å². The first-order chi connectivity index (χ1) is 13.7. The van der Waals surface area contributed by atoms with Crippen LogP contribution in [0.4, 0.5) is 0 Å². The number of sulfonamides is 1. The Hall–Kier alpha value is -1.93. The van der Waals surface area contributed by atoms with E-state index in [0.717, 1.165) is 11.1 Å². The van der Waals surface area contributed by atoms with E-state index < -0.39 is 16.0 Å². The van der Waals surface area contributed by atoms with Crippen molar-refractivity contribution in [3.63, 3.8) is 0 Å². The molecule has 8 heteroatoms. The van der Waals surface area contributed by atoms with Crippen molar-refractivity contribution in [1.29, 1.82) is 0 Å². The predicted molar refractivity (Wildman–Crippen MR) is 113 cm³/mol. The molecule has 3 rings (SSSR count). The molecule has 0 spiro atoms. The van der Waals surface area contributed by atoms with Gasteiger partial charge in [-0.2, -0.15) is 4.31 Å². The molecule has 1 aliphatic heterocycles. The Morgan fingerprint density at radius 3 is 2.55 bits per heavy atom. The van der Waals surface area contributed by atoms with E-state index in [-0.39, 0.29) is 11.8 Å². The standard InChI is InChI=1S/C21H25ClN2O4S/c1-16-13-24(29(26,27)15-18-6-4-3-5-7-18)11-10-23(16)14-19-12-20(22)8-9-21(19)28-17(2)25/h3-9,12,16H,10-11,13-15H2,1-2H3. The number of nitrogens with zero attached hydrogens (tertiary/aromatic N) is 2. The monoisotopic (exact) mass is 436 g/mol. The van der Waals surface area contributed by atoms with Gasteiger partial charge in [0, 0.05) is 49.7 Å². The van der Waals surface area contributed by atoms with Gasteiger partial charge < -0.3 is 4.74 Å². The lowest BCUT2D eigenvalue weighted by Crippen LogP contribution is -2.53. The first kappa shape index (κ1) is 21.8. The Balaban J connectivity index is 1.68. The quantitative estimate of drug-likeness (QED) is 0.513. The molecule has 2 aromatic rings. The Kier molecular flexibility index (Phi) is 6.95. The summed E-state index contributed by atoms with van der Waals surface area (Å²) in [6.07, 6.45) is 0. The Bertz CT molecular complexity index is 966. The van der Waals surface area contributed by atoms with Crippen molar-refractivity contribution in [2.75, 3.05) is 19.6 Å². The molecule has 0 bridgehead atoms. The topological polar surface area (TPSA) is 66.9 Å². The first-order valence-corrected chi connectivity index (χ1v) is 11.5. The van der Waals surface area contributed by atoms with Crippen LogP contribution in [0.1, 0.15) is 25.0 Å². The summed E-state index contributed by atoms with van der Waals surface area (Å²) in [5, 5.41) is 0.563. The van der Waals surface area contributed by atoms with Crippen LogP contribution in [0, 0.1) is 0 Å². The molecule has 0 aromatic heterocycles. The van der Waals surface area contributed by atoms with E-state index in [1.54, 1.807) is 22.5 Å². The van der Waals surface area contributed by atoms with E-state index in [1.165, 1.54) is 6.92 Å². The molecule has 0 radical (unpaired) electrons. The molecule has 1 unspecified atom stereocenters. The van der Waals surface area contributed by atoms with E-state index in [1.807, 2.05) is 37.3 Å². The SMILES string of the molecule is CC(=O)Oc1ccc(Cl)cc1CN1CCN(S(=O)(=O)Cc2ccccc2)CC1C. The van der Waals surface area contributed by atoms with Gasteiger partial charge in [-0.25, -0.2) is 8.42 Å². The van der Waals surface area contributed by atoms with Crippen molar-refractivity contribution in [1.82, 2.24) is 9.21 Å². The predicted octanol–water partition coefficient (Wildman–Crippen LogP) is 3.30. The molecule has 156 valence electrons. The van der Waals surface area contributed by atoms with E-state index in [9.17, 15) is 13.2 Å². The molecule has 1 atom stereocenters. The minimum atomic E-state index is -3.38. The molecule has 6 nitrogen and oxygen atoms in total. The second-order valence-corrected chi connectivity index (χ2v) is 9.67. The number of hydrogen-bond acceptors (Lipinski definition) is 5. The van der Waals surface area contributed by atoms with Gasteiger partial charge in [0.2, 0.25) is 10.0 Å². The van der Waals surface area contributed by atoms with Gasteiger partial charge in [-0.05, 0) is 30.7 Å². The second kappa shape index (κ2) is 9.26. The number of piperazine rings is 1. The van der Waals surface area contributed by atoms with Gasteiger partial charge >= 0.3 is 5.97 Å². The van der Waals surface area contributed by atoms with Crippen molar-refractivity contribution in [2.24, 2.45) is 0 Å². The van der Waals surface area contributed by atoms with Crippen LogP contribution in [0.15, 0.2) is 48.5 Å². The Morgan fingerprint density at radius 2 is 1.90 bits per heavy atom. The summed E-state index contributed by atoms with van der Waals surface area (Å²) in [5.41, 5.74) is 1.59. The van der Waals surface area contributed by atoms with Crippen LogP contribution >= 0.6 is 11.6 Å². The first-order valence-electron chi connectivity index (χ1n) is 9.47. The smallest absolute Gasteiger partial charge is 0.308 e. The number of rotatable bonds is 6. The van der Waals surface area contributed by atoms with E-state index in [2.05, 4.69) is 4.90 Å². The molecule has 0 saturated carbocycles. The van der Waals surface area contributed by atoms with E-state index in [4.69, 9.17) is 16.3 Å². The molecule has 1 aliphatic rings. The maximum Gasteiger partial charge on any atom is 0.308 e. The van der Waals surface area contributed by atoms with Crippen molar-refractivity contribution in [3.8, 4) is 5.75 Å². The number of carbonyl (C=O) groups excluding carboxylic acids is 1. The molecule has 0 amide bonds. The van der Waals surface area contributed by atoms with Gasteiger partial charge in [0.05, 0.1) is 5.75 Å². The van der Waals surface area contributed by atoms with Crippen LogP contribution in [0.25, 0.3) is 0 Å². The Labute approximate surface area is 177 Å². The fourth-order valence-corrected chi connectivity index (χ4v) is 5.26. The van der Waals surface area contributed by atoms with Crippen LogP contribution in [0.3, 0.4) is 0 Å². The number of halogens is 1. The lowest BCUT2D eigenvalue weighted by molar-refractivity contribution is -0.131. The van der Waals surface area contributed by atoms with E-state index >= 15 is 0 Å². The number of hydrogen-bond donors (Lipinski definition) is 0. The zero-order valence-corrected chi connectivity index (χ0v) is 18.1. The molecule has 2 aromatic carbocycles. The molecule has 29 heavy (non-hydrogen) atoms. The molecule has 1 heterocycles. The normalized spacial score (nSPS) is 18.5. The highest BCUT2D eigenvalue weighted by atomic mass is 35.5. The second-order valence-electron chi connectivity index (χ2n) is 7.27. The summed E-state index contributed by atoms with van der Waals surface area (Å²) < 4.78 is 32.5. The minimum absolute atomic E-state index is 0.00541. The third kappa shape index (κ3) is 5.79. The van der Waals surface area contributed by atoms with E-state index in [0.29, 0.717) is 37.0 Å². The minimum Gasteiger partial charge on any atom is -0.426 e. The summed E-state index contributed by atoms with van der Waals surface area (Å²) in [4.78, 5) is 13.5. The van der Waals surface area contributed by atoms with Gasteiger partial charge in [-0.15, -0.1) is 0 Å². The largest absolute Gasteiger partial charge is 0.426 e. The lowest BCUT2D eigenvalue weighted by Gasteiger charge is -2.39. The highest BCUT2D eigenvalue weighted by Gasteiger charge is 2.31. The summed E-state index contributed by atoms with van der Waals surface area (Å²) in [7, 11) is -3.38. The number of ether oxygens (including phenoxy) is 1. The number of esters is 1. The fraction of sp³-hybridized carbons (Fsp3) is 0.381. The summed E-state index contributed by atoms with van der Waals surface area (Å²) in [6, 6.07) is 14.4. The Morgan fingerprint density at radius 1 is 1.17 bits per heavy atom. The van der Waals surface area contributed by atoms with Crippen LogP contribution in [-0.2, 0) is 27.1 Å². The average Bonchev–Trinajstić information content (AvgIpc) is 2.65. The van der Waals surface area contributed by atoms with Crippen LogP contribution in [0.5, 0.6) is 5.75 Å². The van der Waals surface area contributed by atoms with Gasteiger partial charge in [0.1, 0.15) is 5.75 Å². The summed E-state index contributed by atoms with van der Waals surface area (Å²) in [6.45, 7) is 5.30. The molecule has 0 N–H and O–H groups in total. The number of carbonyl (C=O) groups is 1. The molecule has 1 fully saturated rings.